The van der Waals surface area contributed by atoms with Gasteiger partial charge >= 0.3 is 0 Å². The maximum atomic E-state index is 5.85. The Labute approximate surface area is 124 Å². The van der Waals surface area contributed by atoms with E-state index < -0.39 is 0 Å². The van der Waals surface area contributed by atoms with E-state index in [0.29, 0.717) is 6.04 Å². The zero-order valence-corrected chi connectivity index (χ0v) is 13.3. The van der Waals surface area contributed by atoms with Gasteiger partial charge in [-0.25, -0.2) is 0 Å². The number of ether oxygens (including phenoxy) is 1. The van der Waals surface area contributed by atoms with Gasteiger partial charge in [0, 0.05) is 36.8 Å². The zero-order chi connectivity index (χ0) is 13.8. The van der Waals surface area contributed by atoms with Crippen LogP contribution in [0, 0.1) is 0 Å². The lowest BCUT2D eigenvalue weighted by Gasteiger charge is -2.33. The summed E-state index contributed by atoms with van der Waals surface area (Å²) in [6.45, 7) is 3.78. The number of anilines is 1. The van der Waals surface area contributed by atoms with E-state index >= 15 is 0 Å². The largest absolute Gasteiger partial charge is 0.381 e. The van der Waals surface area contributed by atoms with Crippen molar-refractivity contribution in [3.63, 3.8) is 0 Å². The molecule has 1 unspecified atom stereocenters. The van der Waals surface area contributed by atoms with Crippen molar-refractivity contribution < 1.29 is 4.74 Å². The molecule has 1 atom stereocenters. The molecule has 0 aliphatic carbocycles. The van der Waals surface area contributed by atoms with Crippen molar-refractivity contribution in [1.82, 2.24) is 0 Å². The highest BCUT2D eigenvalue weighted by Crippen LogP contribution is 2.30. The molecule has 0 amide bonds. The van der Waals surface area contributed by atoms with Crippen LogP contribution < -0.4 is 10.6 Å². The molecule has 0 bridgehead atoms. The third-order valence-corrected chi connectivity index (χ3v) is 4.32. The van der Waals surface area contributed by atoms with Crippen LogP contribution in [-0.2, 0) is 11.2 Å². The average Bonchev–Trinajstić information content (AvgIpc) is 2.38. The second kappa shape index (κ2) is 6.73. The van der Waals surface area contributed by atoms with Crippen molar-refractivity contribution in [3.05, 3.63) is 28.2 Å². The summed E-state index contributed by atoms with van der Waals surface area (Å²) < 4.78 is 6.58. The predicted octanol–water partition coefficient (Wildman–Crippen LogP) is 2.95. The Morgan fingerprint density at radius 1 is 1.42 bits per heavy atom. The molecule has 1 aromatic rings. The van der Waals surface area contributed by atoms with Gasteiger partial charge in [0.2, 0.25) is 0 Å². The van der Waals surface area contributed by atoms with Crippen LogP contribution in [0.25, 0.3) is 0 Å². The molecule has 0 spiro atoms. The van der Waals surface area contributed by atoms with Crippen LogP contribution in [0.1, 0.15) is 25.3 Å². The number of halogens is 1. The normalized spacial score (nSPS) is 18.3. The maximum absolute atomic E-state index is 5.85. The summed E-state index contributed by atoms with van der Waals surface area (Å²) in [5.74, 6) is 0. The van der Waals surface area contributed by atoms with E-state index in [9.17, 15) is 0 Å². The molecule has 3 nitrogen and oxygen atoms in total. The first-order chi connectivity index (χ1) is 9.08. The van der Waals surface area contributed by atoms with Gasteiger partial charge < -0.3 is 15.4 Å². The van der Waals surface area contributed by atoms with Crippen molar-refractivity contribution in [3.8, 4) is 0 Å². The van der Waals surface area contributed by atoms with Gasteiger partial charge in [0.1, 0.15) is 0 Å². The van der Waals surface area contributed by atoms with E-state index in [-0.39, 0.29) is 6.04 Å². The van der Waals surface area contributed by atoms with Crippen molar-refractivity contribution in [2.75, 3.05) is 25.2 Å². The molecule has 0 radical (unpaired) electrons. The first-order valence-electron chi connectivity index (χ1n) is 6.92. The summed E-state index contributed by atoms with van der Waals surface area (Å²) in [5.41, 5.74) is 8.38. The van der Waals surface area contributed by atoms with Crippen molar-refractivity contribution in [2.24, 2.45) is 5.73 Å². The lowest BCUT2D eigenvalue weighted by molar-refractivity contribution is 0.0854. The molecule has 19 heavy (non-hydrogen) atoms. The Bertz CT molecular complexity index is 417. The van der Waals surface area contributed by atoms with Crippen molar-refractivity contribution in [2.45, 2.75) is 38.3 Å². The number of benzene rings is 1. The standard InChI is InChI=1S/C15H23BrN2O/c1-11(17)9-12-3-4-15(14(16)10-12)18(2)13-5-7-19-8-6-13/h3-4,10-11,13H,5-9,17H2,1-2H3. The van der Waals surface area contributed by atoms with Crippen LogP contribution in [0.5, 0.6) is 0 Å². The first kappa shape index (κ1) is 14.8. The van der Waals surface area contributed by atoms with Gasteiger partial charge in [0.05, 0.1) is 5.69 Å². The van der Waals surface area contributed by atoms with Crippen molar-refractivity contribution in [1.29, 1.82) is 0 Å². The molecule has 2 rings (SSSR count). The summed E-state index contributed by atoms with van der Waals surface area (Å²) in [4.78, 5) is 2.36. The molecule has 0 aromatic heterocycles. The summed E-state index contributed by atoms with van der Waals surface area (Å²) in [6.07, 6.45) is 3.12. The lowest BCUT2D eigenvalue weighted by Crippen LogP contribution is -2.36. The minimum Gasteiger partial charge on any atom is -0.381 e. The van der Waals surface area contributed by atoms with E-state index in [1.807, 2.05) is 6.92 Å². The van der Waals surface area contributed by atoms with E-state index in [1.54, 1.807) is 0 Å². The summed E-state index contributed by atoms with van der Waals surface area (Å²) >= 11 is 3.69. The van der Waals surface area contributed by atoms with Crippen LogP contribution in [0.2, 0.25) is 0 Å². The summed E-state index contributed by atoms with van der Waals surface area (Å²) in [7, 11) is 2.17. The highest BCUT2D eigenvalue weighted by atomic mass is 79.9. The first-order valence-corrected chi connectivity index (χ1v) is 7.72. The maximum Gasteiger partial charge on any atom is 0.0510 e. The van der Waals surface area contributed by atoms with Gasteiger partial charge in [-0.3, -0.25) is 0 Å². The van der Waals surface area contributed by atoms with E-state index in [0.717, 1.165) is 36.9 Å². The Balaban J connectivity index is 2.10. The quantitative estimate of drug-likeness (QED) is 0.924. The van der Waals surface area contributed by atoms with Crippen LogP contribution in [-0.4, -0.2) is 32.3 Å². The minimum atomic E-state index is 0.200. The molecule has 2 N–H and O–H groups in total. The molecule has 4 heteroatoms. The van der Waals surface area contributed by atoms with Gasteiger partial charge in [-0.05, 0) is 59.8 Å². The molecule has 1 heterocycles. The fraction of sp³-hybridized carbons (Fsp3) is 0.600. The highest BCUT2D eigenvalue weighted by molar-refractivity contribution is 9.10. The minimum absolute atomic E-state index is 0.200. The molecule has 1 saturated heterocycles. The summed E-state index contributed by atoms with van der Waals surface area (Å²) in [6, 6.07) is 7.33. The van der Waals surface area contributed by atoms with E-state index in [4.69, 9.17) is 10.5 Å². The number of hydrogen-bond acceptors (Lipinski definition) is 3. The predicted molar refractivity (Wildman–Crippen MR) is 83.7 cm³/mol. The number of rotatable bonds is 4. The Morgan fingerprint density at radius 3 is 2.68 bits per heavy atom. The molecule has 106 valence electrons. The van der Waals surface area contributed by atoms with Gasteiger partial charge in [0.25, 0.3) is 0 Å². The Hall–Kier alpha value is -0.580. The fourth-order valence-electron chi connectivity index (χ4n) is 2.60. The molecule has 0 saturated carbocycles. The Morgan fingerprint density at radius 2 is 2.11 bits per heavy atom. The third-order valence-electron chi connectivity index (χ3n) is 3.69. The SMILES string of the molecule is CC(N)Cc1ccc(N(C)C2CCOCC2)c(Br)c1. The monoisotopic (exact) mass is 326 g/mol. The number of nitrogens with zero attached hydrogens (tertiary/aromatic N) is 1. The smallest absolute Gasteiger partial charge is 0.0510 e. The third kappa shape index (κ3) is 3.94. The molecule has 1 aliphatic rings. The molecule has 1 aliphatic heterocycles. The van der Waals surface area contributed by atoms with Gasteiger partial charge in [-0.1, -0.05) is 6.07 Å². The van der Waals surface area contributed by atoms with Crippen LogP contribution in [0.15, 0.2) is 22.7 Å². The molecule has 1 fully saturated rings. The number of hydrogen-bond donors (Lipinski definition) is 1. The van der Waals surface area contributed by atoms with Crippen molar-refractivity contribution >= 4 is 21.6 Å². The van der Waals surface area contributed by atoms with Gasteiger partial charge in [-0.15, -0.1) is 0 Å². The van der Waals surface area contributed by atoms with E-state index in [2.05, 4.69) is 46.1 Å². The van der Waals surface area contributed by atoms with E-state index in [1.165, 1.54) is 11.3 Å². The number of nitrogens with two attached hydrogens (primary N) is 1. The van der Waals surface area contributed by atoms with Crippen LogP contribution in [0.4, 0.5) is 5.69 Å². The molecular formula is C15H23BrN2O. The lowest BCUT2D eigenvalue weighted by atomic mass is 10.0. The fourth-order valence-corrected chi connectivity index (χ4v) is 3.31. The van der Waals surface area contributed by atoms with Crippen LogP contribution >= 0.6 is 15.9 Å². The second-order valence-corrected chi connectivity index (χ2v) is 6.28. The van der Waals surface area contributed by atoms with Gasteiger partial charge in [0.15, 0.2) is 0 Å². The topological polar surface area (TPSA) is 38.5 Å². The highest BCUT2D eigenvalue weighted by Gasteiger charge is 2.20. The molecule has 1 aromatic carbocycles. The molecular weight excluding hydrogens is 304 g/mol. The van der Waals surface area contributed by atoms with Crippen LogP contribution in [0.3, 0.4) is 0 Å². The zero-order valence-electron chi connectivity index (χ0n) is 11.7. The second-order valence-electron chi connectivity index (χ2n) is 5.42. The summed E-state index contributed by atoms with van der Waals surface area (Å²) in [5, 5.41) is 0. The Kier molecular flexibility index (Phi) is 5.25. The average molecular weight is 327 g/mol. The van der Waals surface area contributed by atoms with Gasteiger partial charge in [-0.2, -0.15) is 0 Å².